The fourth-order valence-electron chi connectivity index (χ4n) is 2.03. The molecule has 0 spiro atoms. The maximum Gasteiger partial charge on any atom is 0.125 e. The molecule has 2 nitrogen and oxygen atoms in total. The zero-order valence-electron chi connectivity index (χ0n) is 9.30. The van der Waals surface area contributed by atoms with Crippen LogP contribution in [-0.2, 0) is 0 Å². The quantitative estimate of drug-likeness (QED) is 0.736. The number of rotatable bonds is 0. The molecule has 2 N–H and O–H groups in total. The molecule has 2 rings (SSSR count). The molecule has 0 amide bonds. The summed E-state index contributed by atoms with van der Waals surface area (Å²) >= 11 is 6.07. The van der Waals surface area contributed by atoms with E-state index < -0.39 is 0 Å². The van der Waals surface area contributed by atoms with E-state index in [1.54, 1.807) is 0 Å². The van der Waals surface area contributed by atoms with Crippen molar-refractivity contribution in [2.75, 3.05) is 0 Å². The Morgan fingerprint density at radius 3 is 2.80 bits per heavy atom. The van der Waals surface area contributed by atoms with Crippen LogP contribution < -0.4 is 10.5 Å². The van der Waals surface area contributed by atoms with Gasteiger partial charge in [-0.05, 0) is 38.5 Å². The first-order valence-electron chi connectivity index (χ1n) is 5.14. The summed E-state index contributed by atoms with van der Waals surface area (Å²) in [4.78, 5) is 0. The van der Waals surface area contributed by atoms with Crippen LogP contribution in [0.1, 0.15) is 37.4 Å². The second-order valence-electron chi connectivity index (χ2n) is 4.81. The minimum Gasteiger partial charge on any atom is -0.487 e. The molecule has 1 aromatic rings. The smallest absolute Gasteiger partial charge is 0.125 e. The Morgan fingerprint density at radius 2 is 2.13 bits per heavy atom. The lowest BCUT2D eigenvalue weighted by molar-refractivity contribution is 0.0728. The van der Waals surface area contributed by atoms with Gasteiger partial charge >= 0.3 is 0 Å². The molecule has 1 aliphatic heterocycles. The van der Waals surface area contributed by atoms with E-state index in [1.165, 1.54) is 0 Å². The van der Waals surface area contributed by atoms with Crippen LogP contribution in [0.4, 0.5) is 0 Å². The van der Waals surface area contributed by atoms with Crippen LogP contribution in [0.15, 0.2) is 12.1 Å². The number of fused-ring (bicyclic) bond motifs is 1. The number of benzene rings is 1. The first kappa shape index (κ1) is 10.8. The maximum atomic E-state index is 6.10. The number of aryl methyl sites for hydroxylation is 1. The Labute approximate surface area is 95.4 Å². The fraction of sp³-hybridized carbons (Fsp3) is 0.500. The Kier molecular flexibility index (Phi) is 2.44. The predicted molar refractivity (Wildman–Crippen MR) is 62.4 cm³/mol. The summed E-state index contributed by atoms with van der Waals surface area (Å²) in [5, 5.41) is 0.757. The van der Waals surface area contributed by atoms with E-state index >= 15 is 0 Å². The lowest BCUT2D eigenvalue weighted by Gasteiger charge is -2.36. The van der Waals surface area contributed by atoms with Gasteiger partial charge in [0.2, 0.25) is 0 Å². The molecule has 0 fully saturated rings. The van der Waals surface area contributed by atoms with Gasteiger partial charge in [-0.1, -0.05) is 11.6 Å². The van der Waals surface area contributed by atoms with Crippen molar-refractivity contribution in [3.05, 3.63) is 28.3 Å². The number of halogens is 1. The Morgan fingerprint density at radius 1 is 1.47 bits per heavy atom. The topological polar surface area (TPSA) is 35.2 Å². The zero-order valence-corrected chi connectivity index (χ0v) is 10.1. The molecule has 82 valence electrons. The van der Waals surface area contributed by atoms with Crippen molar-refractivity contribution in [3.8, 4) is 5.75 Å². The van der Waals surface area contributed by atoms with E-state index in [1.807, 2.05) is 19.1 Å². The average molecular weight is 226 g/mol. The van der Waals surface area contributed by atoms with Crippen LogP contribution in [0.5, 0.6) is 5.75 Å². The van der Waals surface area contributed by atoms with Gasteiger partial charge in [0.05, 0.1) is 0 Å². The zero-order chi connectivity index (χ0) is 11.2. The summed E-state index contributed by atoms with van der Waals surface area (Å²) in [6.07, 6.45) is 0.819. The van der Waals surface area contributed by atoms with Crippen molar-refractivity contribution < 1.29 is 4.74 Å². The van der Waals surface area contributed by atoms with Crippen LogP contribution in [0.2, 0.25) is 5.02 Å². The molecule has 1 atom stereocenters. The molecule has 1 aromatic carbocycles. The van der Waals surface area contributed by atoms with E-state index in [4.69, 9.17) is 22.1 Å². The van der Waals surface area contributed by atoms with Crippen molar-refractivity contribution in [2.45, 2.75) is 38.8 Å². The fourth-order valence-corrected chi connectivity index (χ4v) is 2.20. The molecule has 0 bridgehead atoms. The van der Waals surface area contributed by atoms with Crippen LogP contribution in [-0.4, -0.2) is 5.60 Å². The Balaban J connectivity index is 2.51. The van der Waals surface area contributed by atoms with Gasteiger partial charge in [-0.3, -0.25) is 0 Å². The minimum atomic E-state index is -0.188. The molecule has 1 heterocycles. The second kappa shape index (κ2) is 3.39. The van der Waals surface area contributed by atoms with Crippen LogP contribution in [0.25, 0.3) is 0 Å². The third-order valence-electron chi connectivity index (χ3n) is 2.79. The molecular weight excluding hydrogens is 210 g/mol. The monoisotopic (exact) mass is 225 g/mol. The van der Waals surface area contributed by atoms with Gasteiger partial charge in [-0.25, -0.2) is 0 Å². The van der Waals surface area contributed by atoms with E-state index in [2.05, 4.69) is 13.8 Å². The van der Waals surface area contributed by atoms with Crippen molar-refractivity contribution >= 4 is 11.6 Å². The molecule has 1 aliphatic rings. The molecule has 0 radical (unpaired) electrons. The van der Waals surface area contributed by atoms with Gasteiger partial charge < -0.3 is 10.5 Å². The summed E-state index contributed by atoms with van der Waals surface area (Å²) in [7, 11) is 0. The Hall–Kier alpha value is -0.730. The largest absolute Gasteiger partial charge is 0.487 e. The summed E-state index contributed by atoms with van der Waals surface area (Å²) in [6.45, 7) is 6.08. The second-order valence-corrected chi connectivity index (χ2v) is 5.22. The van der Waals surface area contributed by atoms with Gasteiger partial charge in [-0.15, -0.1) is 0 Å². The molecule has 0 saturated heterocycles. The summed E-state index contributed by atoms with van der Waals surface area (Å²) < 4.78 is 5.89. The van der Waals surface area contributed by atoms with E-state index in [0.29, 0.717) is 0 Å². The molecule has 0 aromatic heterocycles. The Bertz CT molecular complexity index is 401. The van der Waals surface area contributed by atoms with E-state index in [9.17, 15) is 0 Å². The predicted octanol–water partition coefficient (Wildman–Crippen LogP) is 3.21. The van der Waals surface area contributed by atoms with Gasteiger partial charge in [0, 0.05) is 23.0 Å². The van der Waals surface area contributed by atoms with E-state index in [0.717, 1.165) is 28.3 Å². The average Bonchev–Trinajstić information content (AvgIpc) is 2.07. The molecule has 0 unspecified atom stereocenters. The third kappa shape index (κ3) is 1.97. The highest BCUT2D eigenvalue weighted by molar-refractivity contribution is 6.31. The van der Waals surface area contributed by atoms with Crippen LogP contribution in [0, 0.1) is 6.92 Å². The lowest BCUT2D eigenvalue weighted by Crippen LogP contribution is -2.37. The lowest BCUT2D eigenvalue weighted by atomic mass is 9.90. The molecular formula is C12H16ClNO. The van der Waals surface area contributed by atoms with Crippen LogP contribution >= 0.6 is 11.6 Å². The van der Waals surface area contributed by atoms with Gasteiger partial charge in [0.25, 0.3) is 0 Å². The standard InChI is InChI=1S/C12H16ClNO/c1-7-4-11-8(5-9(7)13)10(14)6-12(2,3)15-11/h4-5,10H,6,14H2,1-3H3/t10-/m0/s1. The number of ether oxygens (including phenoxy) is 1. The van der Waals surface area contributed by atoms with Crippen LogP contribution in [0.3, 0.4) is 0 Å². The van der Waals surface area contributed by atoms with Crippen molar-refractivity contribution in [1.29, 1.82) is 0 Å². The number of hydrogen-bond donors (Lipinski definition) is 1. The van der Waals surface area contributed by atoms with Gasteiger partial charge in [0.15, 0.2) is 0 Å². The normalized spacial score (nSPS) is 23.1. The minimum absolute atomic E-state index is 0.0156. The number of nitrogens with two attached hydrogens (primary N) is 1. The summed E-state index contributed by atoms with van der Waals surface area (Å²) in [6, 6.07) is 3.91. The highest BCUT2D eigenvalue weighted by atomic mass is 35.5. The molecule has 0 saturated carbocycles. The van der Waals surface area contributed by atoms with Crippen molar-refractivity contribution in [2.24, 2.45) is 5.73 Å². The SMILES string of the molecule is Cc1cc2c(cc1Cl)[C@@H](N)CC(C)(C)O2. The first-order valence-corrected chi connectivity index (χ1v) is 5.51. The molecule has 3 heteroatoms. The summed E-state index contributed by atoms with van der Waals surface area (Å²) in [5.41, 5.74) is 7.96. The third-order valence-corrected chi connectivity index (χ3v) is 3.20. The van der Waals surface area contributed by atoms with E-state index in [-0.39, 0.29) is 11.6 Å². The number of hydrogen-bond acceptors (Lipinski definition) is 2. The van der Waals surface area contributed by atoms with Gasteiger partial charge in [0.1, 0.15) is 11.4 Å². The van der Waals surface area contributed by atoms with Crippen molar-refractivity contribution in [1.82, 2.24) is 0 Å². The first-order chi connectivity index (χ1) is 6.89. The molecule has 15 heavy (non-hydrogen) atoms. The molecule has 0 aliphatic carbocycles. The van der Waals surface area contributed by atoms with Gasteiger partial charge in [-0.2, -0.15) is 0 Å². The summed E-state index contributed by atoms with van der Waals surface area (Å²) in [5.74, 6) is 0.876. The highest BCUT2D eigenvalue weighted by Crippen LogP contribution is 2.40. The van der Waals surface area contributed by atoms with Crippen molar-refractivity contribution in [3.63, 3.8) is 0 Å². The maximum absolute atomic E-state index is 6.10. The highest BCUT2D eigenvalue weighted by Gasteiger charge is 2.32.